The number of nitrogens with zero attached hydrogens (tertiary/aromatic N) is 1. The minimum absolute atomic E-state index is 0.0280. The normalized spacial score (nSPS) is 10.6. The molecule has 0 aliphatic heterocycles. The summed E-state index contributed by atoms with van der Waals surface area (Å²) >= 11 is 0. The fourth-order valence-corrected chi connectivity index (χ4v) is 1.36. The highest BCUT2D eigenvalue weighted by Gasteiger charge is 2.12. The molecule has 2 rings (SSSR count). The van der Waals surface area contributed by atoms with Crippen LogP contribution in [0.3, 0.4) is 0 Å². The second-order valence-electron chi connectivity index (χ2n) is 3.04. The van der Waals surface area contributed by atoms with E-state index in [0.717, 1.165) is 18.2 Å². The highest BCUT2D eigenvalue weighted by Crippen LogP contribution is 2.06. The average Bonchev–Trinajstić information content (AvgIpc) is 2.15. The fourth-order valence-electron chi connectivity index (χ4n) is 1.36. The van der Waals surface area contributed by atoms with E-state index < -0.39 is 23.2 Å². The third kappa shape index (κ3) is 1.38. The lowest BCUT2D eigenvalue weighted by Gasteiger charge is -2.00. The number of hydrogen-bond donors (Lipinski definition) is 2. The van der Waals surface area contributed by atoms with Gasteiger partial charge >= 0.3 is 11.8 Å². The Balaban J connectivity index is 3.01. The van der Waals surface area contributed by atoms with Crippen molar-refractivity contribution in [3.63, 3.8) is 0 Å². The first-order chi connectivity index (χ1) is 7.50. The molecular weight excluding hydrogens is 219 g/mol. The summed E-state index contributed by atoms with van der Waals surface area (Å²) in [5, 5.41) is 8.56. The molecule has 16 heavy (non-hydrogen) atoms. The molecular formula is C9H5FN2O4. The maximum atomic E-state index is 12.8. The van der Waals surface area contributed by atoms with Gasteiger partial charge in [-0.05, 0) is 18.2 Å². The van der Waals surface area contributed by atoms with Crippen molar-refractivity contribution >= 4 is 17.0 Å². The first-order valence-electron chi connectivity index (χ1n) is 4.18. The minimum atomic E-state index is -1.68. The second kappa shape index (κ2) is 3.30. The number of fused-ring (bicyclic) bond motifs is 1. The van der Waals surface area contributed by atoms with Gasteiger partial charge in [-0.1, -0.05) is 0 Å². The van der Waals surface area contributed by atoms with E-state index in [0.29, 0.717) is 0 Å². The topological polar surface area (TPSA) is 92.2 Å². The number of benzene rings is 1. The SMILES string of the molecule is O=C(O)n1c(=O)[nH]c2cc(F)ccc2c1=O. The molecule has 7 heteroatoms. The first kappa shape index (κ1) is 10.1. The Morgan fingerprint density at radius 3 is 2.69 bits per heavy atom. The van der Waals surface area contributed by atoms with Crippen LogP contribution in [-0.2, 0) is 0 Å². The van der Waals surface area contributed by atoms with Gasteiger partial charge in [0.15, 0.2) is 0 Å². The van der Waals surface area contributed by atoms with Crippen LogP contribution in [0, 0.1) is 5.82 Å². The van der Waals surface area contributed by atoms with Crippen molar-refractivity contribution in [2.24, 2.45) is 0 Å². The maximum absolute atomic E-state index is 12.8. The van der Waals surface area contributed by atoms with Crippen molar-refractivity contribution in [1.82, 2.24) is 9.55 Å². The molecule has 0 fully saturated rings. The van der Waals surface area contributed by atoms with Crippen LogP contribution in [0.1, 0.15) is 0 Å². The van der Waals surface area contributed by atoms with Gasteiger partial charge in [0.25, 0.3) is 5.56 Å². The Morgan fingerprint density at radius 2 is 2.06 bits per heavy atom. The summed E-state index contributed by atoms with van der Waals surface area (Å²) in [5.41, 5.74) is -2.14. The zero-order valence-electron chi connectivity index (χ0n) is 7.73. The summed E-state index contributed by atoms with van der Waals surface area (Å²) in [6.45, 7) is 0. The Hall–Kier alpha value is -2.44. The van der Waals surface area contributed by atoms with Crippen LogP contribution in [0.5, 0.6) is 0 Å². The first-order valence-corrected chi connectivity index (χ1v) is 4.18. The molecule has 0 aliphatic carbocycles. The lowest BCUT2D eigenvalue weighted by Crippen LogP contribution is -2.39. The Labute approximate surface area is 86.6 Å². The fraction of sp³-hybridized carbons (Fsp3) is 0. The lowest BCUT2D eigenvalue weighted by atomic mass is 10.2. The van der Waals surface area contributed by atoms with Gasteiger partial charge in [-0.3, -0.25) is 4.79 Å². The molecule has 0 bridgehead atoms. The number of nitrogens with one attached hydrogen (secondary N) is 1. The van der Waals surface area contributed by atoms with Crippen LogP contribution >= 0.6 is 0 Å². The lowest BCUT2D eigenvalue weighted by molar-refractivity contribution is 0.194. The highest BCUT2D eigenvalue weighted by molar-refractivity contribution is 5.80. The van der Waals surface area contributed by atoms with E-state index in [9.17, 15) is 18.8 Å². The number of carboxylic acid groups (broad SMARTS) is 1. The Bertz CT molecular complexity index is 701. The van der Waals surface area contributed by atoms with Gasteiger partial charge in [-0.2, -0.15) is 4.57 Å². The Morgan fingerprint density at radius 1 is 1.38 bits per heavy atom. The number of carbonyl (C=O) groups is 1. The van der Waals surface area contributed by atoms with Crippen LogP contribution in [-0.4, -0.2) is 20.8 Å². The third-order valence-electron chi connectivity index (χ3n) is 2.05. The smallest absolute Gasteiger partial charge is 0.422 e. The van der Waals surface area contributed by atoms with Crippen LogP contribution in [0.25, 0.3) is 10.9 Å². The van der Waals surface area contributed by atoms with Gasteiger partial charge in [0, 0.05) is 0 Å². The van der Waals surface area contributed by atoms with Gasteiger partial charge in [0.05, 0.1) is 10.9 Å². The predicted molar refractivity (Wildman–Crippen MR) is 52.2 cm³/mol. The van der Waals surface area contributed by atoms with Crippen molar-refractivity contribution in [3.05, 3.63) is 44.9 Å². The molecule has 0 unspecified atom stereocenters. The summed E-state index contributed by atoms with van der Waals surface area (Å²) in [4.78, 5) is 35.5. The number of halogens is 1. The number of aromatic nitrogens is 2. The molecule has 0 spiro atoms. The summed E-state index contributed by atoms with van der Waals surface area (Å²) < 4.78 is 12.8. The molecule has 0 amide bonds. The number of H-pyrrole nitrogens is 1. The maximum Gasteiger partial charge on any atom is 0.422 e. The number of aromatic amines is 1. The molecule has 1 heterocycles. The van der Waals surface area contributed by atoms with Crippen LogP contribution < -0.4 is 11.2 Å². The van der Waals surface area contributed by atoms with Crippen LogP contribution in [0.2, 0.25) is 0 Å². The third-order valence-corrected chi connectivity index (χ3v) is 2.05. The highest BCUT2D eigenvalue weighted by atomic mass is 19.1. The zero-order valence-corrected chi connectivity index (χ0v) is 7.73. The molecule has 82 valence electrons. The largest absolute Gasteiger partial charge is 0.464 e. The van der Waals surface area contributed by atoms with E-state index in [1.807, 2.05) is 0 Å². The van der Waals surface area contributed by atoms with Gasteiger partial charge in [0.2, 0.25) is 0 Å². The molecule has 0 saturated carbocycles. The van der Waals surface area contributed by atoms with Crippen molar-refractivity contribution in [1.29, 1.82) is 0 Å². The molecule has 1 aromatic heterocycles. The summed E-state index contributed by atoms with van der Waals surface area (Å²) in [5.74, 6) is -0.629. The second-order valence-corrected chi connectivity index (χ2v) is 3.04. The molecule has 6 nitrogen and oxygen atoms in total. The minimum Gasteiger partial charge on any atom is -0.464 e. The van der Waals surface area contributed by atoms with E-state index in [4.69, 9.17) is 5.11 Å². The summed E-state index contributed by atoms with van der Waals surface area (Å²) in [7, 11) is 0. The van der Waals surface area contributed by atoms with Crippen LogP contribution in [0.15, 0.2) is 27.8 Å². The molecule has 0 radical (unpaired) electrons. The quantitative estimate of drug-likeness (QED) is 0.675. The van der Waals surface area contributed by atoms with Crippen molar-refractivity contribution in [2.75, 3.05) is 0 Å². The van der Waals surface area contributed by atoms with Crippen LogP contribution in [0.4, 0.5) is 9.18 Å². The molecule has 0 atom stereocenters. The van der Waals surface area contributed by atoms with E-state index in [2.05, 4.69) is 4.98 Å². The predicted octanol–water partition coefficient (Wildman–Crippen LogP) is 0.355. The standard InChI is InChI=1S/C9H5FN2O4/c10-4-1-2-5-6(3-4)11-8(14)12(7(5)13)9(15)16/h1-3H,(H,11,14)(H,15,16). The monoisotopic (exact) mass is 224 g/mol. The summed E-state index contributed by atoms with van der Waals surface area (Å²) in [6.07, 6.45) is -1.68. The van der Waals surface area contributed by atoms with Crippen molar-refractivity contribution in [3.8, 4) is 0 Å². The number of hydrogen-bond acceptors (Lipinski definition) is 3. The molecule has 1 aromatic carbocycles. The van der Waals surface area contributed by atoms with Gasteiger partial charge in [-0.25, -0.2) is 14.0 Å². The van der Waals surface area contributed by atoms with Gasteiger partial charge < -0.3 is 10.1 Å². The van der Waals surface area contributed by atoms with E-state index in [1.165, 1.54) is 0 Å². The summed E-state index contributed by atoms with van der Waals surface area (Å²) in [6, 6.07) is 3.07. The molecule has 2 N–H and O–H groups in total. The van der Waals surface area contributed by atoms with Gasteiger partial charge in [0.1, 0.15) is 5.82 Å². The number of rotatable bonds is 0. The Kier molecular flexibility index (Phi) is 2.08. The van der Waals surface area contributed by atoms with Gasteiger partial charge in [-0.15, -0.1) is 0 Å². The molecule has 2 aromatic rings. The van der Waals surface area contributed by atoms with Crippen molar-refractivity contribution in [2.45, 2.75) is 0 Å². The average molecular weight is 224 g/mol. The van der Waals surface area contributed by atoms with E-state index in [-0.39, 0.29) is 15.5 Å². The van der Waals surface area contributed by atoms with E-state index in [1.54, 1.807) is 0 Å². The molecule has 0 saturated heterocycles. The zero-order chi connectivity index (χ0) is 11.9. The molecule has 0 aliphatic rings. The van der Waals surface area contributed by atoms with E-state index >= 15 is 0 Å². The van der Waals surface area contributed by atoms with Crippen molar-refractivity contribution < 1.29 is 14.3 Å².